The SMILES string of the molecule is CCCc1c2c(c(Cl)c3ccc(CC)cc13)-c1ccc(OC)cc1C2. The van der Waals surface area contributed by atoms with Crippen molar-refractivity contribution in [2.45, 2.75) is 39.5 Å². The van der Waals surface area contributed by atoms with Crippen molar-refractivity contribution in [3.63, 3.8) is 0 Å². The van der Waals surface area contributed by atoms with Crippen LogP contribution in [0.2, 0.25) is 5.02 Å². The van der Waals surface area contributed by atoms with E-state index in [4.69, 9.17) is 16.3 Å². The van der Waals surface area contributed by atoms with E-state index in [1.165, 1.54) is 44.2 Å². The molecule has 0 heterocycles. The molecule has 4 rings (SSSR count). The highest BCUT2D eigenvalue weighted by atomic mass is 35.5. The Morgan fingerprint density at radius 2 is 1.88 bits per heavy atom. The van der Waals surface area contributed by atoms with Gasteiger partial charge in [-0.15, -0.1) is 0 Å². The Bertz CT molecular complexity index is 972. The van der Waals surface area contributed by atoms with Crippen molar-refractivity contribution in [1.29, 1.82) is 0 Å². The minimum absolute atomic E-state index is 0.899. The molecule has 0 amide bonds. The van der Waals surface area contributed by atoms with E-state index in [1.807, 2.05) is 6.07 Å². The van der Waals surface area contributed by atoms with Gasteiger partial charge in [0.15, 0.2) is 0 Å². The van der Waals surface area contributed by atoms with Crippen LogP contribution in [0.5, 0.6) is 5.75 Å². The number of halogens is 1. The monoisotopic (exact) mass is 350 g/mol. The highest BCUT2D eigenvalue weighted by molar-refractivity contribution is 6.39. The van der Waals surface area contributed by atoms with Gasteiger partial charge in [-0.1, -0.05) is 56.1 Å². The molecule has 0 unspecified atom stereocenters. The first-order chi connectivity index (χ1) is 12.2. The van der Waals surface area contributed by atoms with Gasteiger partial charge in [0, 0.05) is 10.9 Å². The maximum atomic E-state index is 6.92. The second-order valence-electron chi connectivity index (χ2n) is 6.83. The Morgan fingerprint density at radius 1 is 1.04 bits per heavy atom. The molecule has 0 saturated carbocycles. The molecule has 0 saturated heterocycles. The largest absolute Gasteiger partial charge is 0.497 e. The summed E-state index contributed by atoms with van der Waals surface area (Å²) in [6, 6.07) is 13.1. The van der Waals surface area contributed by atoms with Gasteiger partial charge in [0.1, 0.15) is 5.75 Å². The third-order valence-electron chi connectivity index (χ3n) is 5.39. The Labute approximate surface area is 154 Å². The molecule has 0 aromatic heterocycles. The molecule has 1 aliphatic carbocycles. The van der Waals surface area contributed by atoms with Crippen LogP contribution in [0.4, 0.5) is 0 Å². The molecule has 1 aliphatic rings. The van der Waals surface area contributed by atoms with Crippen molar-refractivity contribution >= 4 is 22.4 Å². The van der Waals surface area contributed by atoms with Gasteiger partial charge in [0.05, 0.1) is 12.1 Å². The lowest BCUT2D eigenvalue weighted by Crippen LogP contribution is -1.97. The zero-order chi connectivity index (χ0) is 17.6. The van der Waals surface area contributed by atoms with E-state index < -0.39 is 0 Å². The third kappa shape index (κ3) is 2.53. The minimum Gasteiger partial charge on any atom is -0.497 e. The Kier molecular flexibility index (Phi) is 4.21. The second kappa shape index (κ2) is 6.38. The number of benzene rings is 3. The molecule has 2 heteroatoms. The van der Waals surface area contributed by atoms with Crippen LogP contribution < -0.4 is 4.74 Å². The molecule has 25 heavy (non-hydrogen) atoms. The number of aryl methyl sites for hydroxylation is 2. The maximum absolute atomic E-state index is 6.92. The van der Waals surface area contributed by atoms with Gasteiger partial charge >= 0.3 is 0 Å². The summed E-state index contributed by atoms with van der Waals surface area (Å²) >= 11 is 6.92. The molecule has 3 aromatic rings. The molecule has 128 valence electrons. The second-order valence-corrected chi connectivity index (χ2v) is 7.21. The van der Waals surface area contributed by atoms with E-state index >= 15 is 0 Å². The highest BCUT2D eigenvalue weighted by Crippen LogP contribution is 2.48. The normalized spacial score (nSPS) is 12.3. The molecule has 0 aliphatic heterocycles. The summed E-state index contributed by atoms with van der Waals surface area (Å²) in [6.45, 7) is 4.46. The summed E-state index contributed by atoms with van der Waals surface area (Å²) in [6.07, 6.45) is 4.23. The van der Waals surface area contributed by atoms with Crippen molar-refractivity contribution < 1.29 is 4.74 Å². The van der Waals surface area contributed by atoms with E-state index in [9.17, 15) is 0 Å². The number of rotatable bonds is 4. The van der Waals surface area contributed by atoms with E-state index in [2.05, 4.69) is 44.2 Å². The van der Waals surface area contributed by atoms with E-state index in [1.54, 1.807) is 7.11 Å². The summed E-state index contributed by atoms with van der Waals surface area (Å²) in [5, 5.41) is 3.42. The van der Waals surface area contributed by atoms with Crippen LogP contribution in [0.1, 0.15) is 42.5 Å². The van der Waals surface area contributed by atoms with Crippen LogP contribution in [-0.4, -0.2) is 7.11 Å². The summed E-state index contributed by atoms with van der Waals surface area (Å²) in [5.74, 6) is 0.914. The summed E-state index contributed by atoms with van der Waals surface area (Å²) < 4.78 is 5.42. The molecule has 0 bridgehead atoms. The fourth-order valence-corrected chi connectivity index (χ4v) is 4.50. The van der Waals surface area contributed by atoms with E-state index in [0.717, 1.165) is 36.5 Å². The minimum atomic E-state index is 0.899. The van der Waals surface area contributed by atoms with Crippen molar-refractivity contribution in [2.75, 3.05) is 7.11 Å². The standard InChI is InChI=1S/C23H23ClO/c1-4-6-18-20-11-14(5-2)7-9-19(20)23(24)22-17-10-8-16(25-3)12-15(17)13-21(18)22/h7-12H,4-6,13H2,1-3H3. The molecule has 1 nitrogen and oxygen atoms in total. The molecule has 0 atom stereocenters. The number of hydrogen-bond acceptors (Lipinski definition) is 1. The predicted octanol–water partition coefficient (Wildman–Crippen LogP) is 6.59. The van der Waals surface area contributed by atoms with Gasteiger partial charge in [-0.05, 0) is 64.6 Å². The van der Waals surface area contributed by atoms with Gasteiger partial charge in [-0.25, -0.2) is 0 Å². The van der Waals surface area contributed by atoms with Gasteiger partial charge in [-0.3, -0.25) is 0 Å². The zero-order valence-electron chi connectivity index (χ0n) is 15.1. The summed E-state index contributed by atoms with van der Waals surface area (Å²) in [5.41, 5.74) is 8.08. The molecule has 0 radical (unpaired) electrons. The van der Waals surface area contributed by atoms with Crippen LogP contribution in [-0.2, 0) is 19.3 Å². The van der Waals surface area contributed by atoms with E-state index in [-0.39, 0.29) is 0 Å². The summed E-state index contributed by atoms with van der Waals surface area (Å²) in [7, 11) is 1.72. The molecule has 3 aromatic carbocycles. The Hall–Kier alpha value is -1.99. The first-order valence-corrected chi connectivity index (χ1v) is 9.48. The van der Waals surface area contributed by atoms with E-state index in [0.29, 0.717) is 0 Å². The van der Waals surface area contributed by atoms with Gasteiger partial charge in [-0.2, -0.15) is 0 Å². The van der Waals surface area contributed by atoms with Gasteiger partial charge < -0.3 is 4.74 Å². The number of fused-ring (bicyclic) bond motifs is 4. The quantitative estimate of drug-likeness (QED) is 0.403. The fourth-order valence-electron chi connectivity index (χ4n) is 4.12. The smallest absolute Gasteiger partial charge is 0.119 e. The number of methoxy groups -OCH3 is 1. The summed E-state index contributed by atoms with van der Waals surface area (Å²) in [4.78, 5) is 0. The number of ether oxygens (including phenoxy) is 1. The molecule has 0 fully saturated rings. The maximum Gasteiger partial charge on any atom is 0.119 e. The lowest BCUT2D eigenvalue weighted by Gasteiger charge is -2.16. The highest BCUT2D eigenvalue weighted by Gasteiger charge is 2.26. The molecule has 0 spiro atoms. The fraction of sp³-hybridized carbons (Fsp3) is 0.304. The van der Waals surface area contributed by atoms with Crippen molar-refractivity contribution in [1.82, 2.24) is 0 Å². The predicted molar refractivity (Wildman–Crippen MR) is 107 cm³/mol. The van der Waals surface area contributed by atoms with Crippen LogP contribution in [0, 0.1) is 0 Å². The van der Waals surface area contributed by atoms with Gasteiger partial charge in [0.25, 0.3) is 0 Å². The van der Waals surface area contributed by atoms with Crippen molar-refractivity contribution in [3.8, 4) is 16.9 Å². The van der Waals surface area contributed by atoms with Crippen molar-refractivity contribution in [2.24, 2.45) is 0 Å². The zero-order valence-corrected chi connectivity index (χ0v) is 15.8. The topological polar surface area (TPSA) is 9.23 Å². The number of hydrogen-bond donors (Lipinski definition) is 0. The Morgan fingerprint density at radius 3 is 2.60 bits per heavy atom. The average Bonchev–Trinajstić information content (AvgIpc) is 3.03. The first kappa shape index (κ1) is 16.5. The lowest BCUT2D eigenvalue weighted by atomic mass is 9.90. The van der Waals surface area contributed by atoms with Crippen LogP contribution >= 0.6 is 11.6 Å². The van der Waals surface area contributed by atoms with Crippen LogP contribution in [0.25, 0.3) is 21.9 Å². The third-order valence-corrected chi connectivity index (χ3v) is 5.78. The lowest BCUT2D eigenvalue weighted by molar-refractivity contribution is 0.414. The van der Waals surface area contributed by atoms with Gasteiger partial charge in [0.2, 0.25) is 0 Å². The molecular weight excluding hydrogens is 328 g/mol. The average molecular weight is 351 g/mol. The van der Waals surface area contributed by atoms with Crippen molar-refractivity contribution in [3.05, 3.63) is 63.7 Å². The molecule has 0 N–H and O–H groups in total. The first-order valence-electron chi connectivity index (χ1n) is 9.11. The Balaban J connectivity index is 2.04. The van der Waals surface area contributed by atoms with Crippen LogP contribution in [0.3, 0.4) is 0 Å². The molecular formula is C23H23ClO. The van der Waals surface area contributed by atoms with Crippen LogP contribution in [0.15, 0.2) is 36.4 Å².